The van der Waals surface area contributed by atoms with Crippen molar-refractivity contribution in [1.29, 1.82) is 0 Å². The number of amides is 1. The minimum atomic E-state index is -0.126. The Morgan fingerprint density at radius 1 is 1.23 bits per heavy atom. The molecule has 2 aromatic carbocycles. The molecular formula is C20H23ClN2O3. The standard InChI is InChI=1S/C20H23ClN2O3/c1-25-18-7-5-15(6-8-18)19(23-9-11-26-12-10-23)14-22-20(24)16-3-2-4-17(21)13-16/h2-8,13,19H,9-12,14H2,1H3,(H,22,24). The zero-order valence-corrected chi connectivity index (χ0v) is 15.5. The van der Waals surface area contributed by atoms with Crippen molar-refractivity contribution >= 4 is 17.5 Å². The molecule has 3 rings (SSSR count). The molecule has 1 amide bonds. The lowest BCUT2D eigenvalue weighted by Gasteiger charge is -2.35. The lowest BCUT2D eigenvalue weighted by Crippen LogP contribution is -2.43. The summed E-state index contributed by atoms with van der Waals surface area (Å²) in [5.74, 6) is 0.691. The van der Waals surface area contributed by atoms with E-state index in [2.05, 4.69) is 10.2 Å². The molecule has 6 heteroatoms. The Morgan fingerprint density at radius 3 is 2.62 bits per heavy atom. The quantitative estimate of drug-likeness (QED) is 0.843. The van der Waals surface area contributed by atoms with Gasteiger partial charge < -0.3 is 14.8 Å². The van der Waals surface area contributed by atoms with E-state index in [0.29, 0.717) is 30.3 Å². The average Bonchev–Trinajstić information content (AvgIpc) is 2.69. The van der Waals surface area contributed by atoms with Gasteiger partial charge in [0.05, 0.1) is 26.4 Å². The molecule has 0 spiro atoms. The van der Waals surface area contributed by atoms with Crippen LogP contribution in [0.2, 0.25) is 5.02 Å². The Morgan fingerprint density at radius 2 is 1.96 bits per heavy atom. The summed E-state index contributed by atoms with van der Waals surface area (Å²) < 4.78 is 10.7. The summed E-state index contributed by atoms with van der Waals surface area (Å²) in [6, 6.07) is 15.0. The maximum atomic E-state index is 12.5. The molecule has 1 aliphatic heterocycles. The van der Waals surface area contributed by atoms with Crippen LogP contribution in [0.25, 0.3) is 0 Å². The van der Waals surface area contributed by atoms with Gasteiger partial charge in [-0.3, -0.25) is 9.69 Å². The van der Waals surface area contributed by atoms with Gasteiger partial charge in [0.1, 0.15) is 5.75 Å². The van der Waals surface area contributed by atoms with Gasteiger partial charge in [-0.2, -0.15) is 0 Å². The highest BCUT2D eigenvalue weighted by Gasteiger charge is 2.23. The van der Waals surface area contributed by atoms with Gasteiger partial charge in [0.25, 0.3) is 5.91 Å². The zero-order valence-electron chi connectivity index (χ0n) is 14.8. The summed E-state index contributed by atoms with van der Waals surface area (Å²) >= 11 is 5.98. The molecule has 0 aromatic heterocycles. The number of halogens is 1. The largest absolute Gasteiger partial charge is 0.497 e. The molecule has 1 heterocycles. The van der Waals surface area contributed by atoms with E-state index in [-0.39, 0.29) is 11.9 Å². The van der Waals surface area contributed by atoms with Crippen LogP contribution in [0.1, 0.15) is 22.0 Å². The Kier molecular flexibility index (Phi) is 6.50. The third kappa shape index (κ3) is 4.75. The fourth-order valence-electron chi connectivity index (χ4n) is 3.09. The molecule has 1 N–H and O–H groups in total. The Balaban J connectivity index is 1.73. The van der Waals surface area contributed by atoms with Gasteiger partial charge in [-0.25, -0.2) is 0 Å². The normalized spacial score (nSPS) is 16.1. The predicted octanol–water partition coefficient (Wildman–Crippen LogP) is 3.15. The Bertz CT molecular complexity index is 730. The van der Waals surface area contributed by atoms with Gasteiger partial charge in [0, 0.05) is 30.2 Å². The Hall–Kier alpha value is -2.08. The summed E-state index contributed by atoms with van der Waals surface area (Å²) in [6.45, 7) is 3.59. The summed E-state index contributed by atoms with van der Waals surface area (Å²) in [5, 5.41) is 3.59. The number of carbonyl (C=O) groups excluding carboxylic acids is 1. The third-order valence-electron chi connectivity index (χ3n) is 4.53. The summed E-state index contributed by atoms with van der Waals surface area (Å²) in [6.07, 6.45) is 0. The first-order valence-corrected chi connectivity index (χ1v) is 9.04. The van der Waals surface area contributed by atoms with Crippen molar-refractivity contribution < 1.29 is 14.3 Å². The van der Waals surface area contributed by atoms with E-state index < -0.39 is 0 Å². The maximum Gasteiger partial charge on any atom is 0.251 e. The number of ether oxygens (including phenoxy) is 2. The van der Waals surface area contributed by atoms with E-state index >= 15 is 0 Å². The topological polar surface area (TPSA) is 50.8 Å². The molecule has 1 aliphatic rings. The van der Waals surface area contributed by atoms with Crippen LogP contribution in [-0.2, 0) is 4.74 Å². The van der Waals surface area contributed by atoms with E-state index in [4.69, 9.17) is 21.1 Å². The minimum Gasteiger partial charge on any atom is -0.497 e. The molecule has 26 heavy (non-hydrogen) atoms. The molecule has 1 atom stereocenters. The molecule has 2 aromatic rings. The number of rotatable bonds is 6. The summed E-state index contributed by atoms with van der Waals surface area (Å²) in [4.78, 5) is 14.8. The van der Waals surface area contributed by atoms with Crippen LogP contribution in [0.5, 0.6) is 5.75 Å². The first kappa shape index (κ1) is 18.7. The number of benzene rings is 2. The van der Waals surface area contributed by atoms with Crippen molar-refractivity contribution in [2.45, 2.75) is 6.04 Å². The van der Waals surface area contributed by atoms with Crippen molar-refractivity contribution in [3.05, 3.63) is 64.7 Å². The second kappa shape index (κ2) is 9.03. The number of methoxy groups -OCH3 is 1. The van der Waals surface area contributed by atoms with Crippen LogP contribution >= 0.6 is 11.6 Å². The van der Waals surface area contributed by atoms with Gasteiger partial charge in [-0.1, -0.05) is 29.8 Å². The molecular weight excluding hydrogens is 352 g/mol. The molecule has 5 nitrogen and oxygen atoms in total. The second-order valence-electron chi connectivity index (χ2n) is 6.16. The second-order valence-corrected chi connectivity index (χ2v) is 6.59. The average molecular weight is 375 g/mol. The molecule has 0 aliphatic carbocycles. The predicted molar refractivity (Wildman–Crippen MR) is 102 cm³/mol. The maximum absolute atomic E-state index is 12.5. The van der Waals surface area contributed by atoms with Crippen LogP contribution in [0.3, 0.4) is 0 Å². The molecule has 0 saturated carbocycles. The van der Waals surface area contributed by atoms with Gasteiger partial charge in [-0.15, -0.1) is 0 Å². The third-order valence-corrected chi connectivity index (χ3v) is 4.76. The molecule has 1 fully saturated rings. The molecule has 1 saturated heterocycles. The SMILES string of the molecule is COc1ccc(C(CNC(=O)c2cccc(Cl)c2)N2CCOCC2)cc1. The highest BCUT2D eigenvalue weighted by Crippen LogP contribution is 2.24. The highest BCUT2D eigenvalue weighted by atomic mass is 35.5. The molecule has 0 radical (unpaired) electrons. The minimum absolute atomic E-state index is 0.0768. The van der Waals surface area contributed by atoms with E-state index in [1.807, 2.05) is 24.3 Å². The fourth-order valence-corrected chi connectivity index (χ4v) is 3.28. The fraction of sp³-hybridized carbons (Fsp3) is 0.350. The Labute approximate surface area is 158 Å². The number of carbonyl (C=O) groups is 1. The van der Waals surface area contributed by atoms with Crippen molar-refractivity contribution in [1.82, 2.24) is 10.2 Å². The molecule has 1 unspecified atom stereocenters. The molecule has 0 bridgehead atoms. The summed E-state index contributed by atoms with van der Waals surface area (Å²) in [7, 11) is 1.65. The zero-order chi connectivity index (χ0) is 18.4. The summed E-state index contributed by atoms with van der Waals surface area (Å²) in [5.41, 5.74) is 1.70. The number of morpholine rings is 1. The van der Waals surface area contributed by atoms with Crippen LogP contribution in [0, 0.1) is 0 Å². The first-order chi connectivity index (χ1) is 12.7. The van der Waals surface area contributed by atoms with E-state index in [1.54, 1.807) is 31.4 Å². The first-order valence-electron chi connectivity index (χ1n) is 8.67. The van der Waals surface area contributed by atoms with Crippen molar-refractivity contribution in [3.8, 4) is 5.75 Å². The van der Waals surface area contributed by atoms with Gasteiger partial charge in [-0.05, 0) is 35.9 Å². The van der Waals surface area contributed by atoms with Crippen LogP contribution < -0.4 is 10.1 Å². The van der Waals surface area contributed by atoms with Gasteiger partial charge in [0.15, 0.2) is 0 Å². The number of hydrogen-bond donors (Lipinski definition) is 1. The smallest absolute Gasteiger partial charge is 0.251 e. The number of hydrogen-bond acceptors (Lipinski definition) is 4. The van der Waals surface area contributed by atoms with Crippen LogP contribution in [-0.4, -0.2) is 50.8 Å². The van der Waals surface area contributed by atoms with Crippen molar-refractivity contribution in [2.75, 3.05) is 40.0 Å². The monoisotopic (exact) mass is 374 g/mol. The molecule has 138 valence electrons. The van der Waals surface area contributed by atoms with Gasteiger partial charge >= 0.3 is 0 Å². The van der Waals surface area contributed by atoms with Crippen molar-refractivity contribution in [3.63, 3.8) is 0 Å². The van der Waals surface area contributed by atoms with E-state index in [1.165, 1.54) is 0 Å². The highest BCUT2D eigenvalue weighted by molar-refractivity contribution is 6.30. The van der Waals surface area contributed by atoms with E-state index in [0.717, 1.165) is 24.4 Å². The van der Waals surface area contributed by atoms with Gasteiger partial charge in [0.2, 0.25) is 0 Å². The lowest BCUT2D eigenvalue weighted by molar-refractivity contribution is 0.0162. The van der Waals surface area contributed by atoms with Crippen LogP contribution in [0.15, 0.2) is 48.5 Å². The van der Waals surface area contributed by atoms with Crippen molar-refractivity contribution in [2.24, 2.45) is 0 Å². The lowest BCUT2D eigenvalue weighted by atomic mass is 10.0. The number of nitrogens with one attached hydrogen (secondary N) is 1. The van der Waals surface area contributed by atoms with Crippen LogP contribution in [0.4, 0.5) is 0 Å². The van der Waals surface area contributed by atoms with E-state index in [9.17, 15) is 4.79 Å². The number of nitrogens with zero attached hydrogens (tertiary/aromatic N) is 1.